The van der Waals surface area contributed by atoms with Gasteiger partial charge in [-0.3, -0.25) is 0 Å². The van der Waals surface area contributed by atoms with Gasteiger partial charge in [0.2, 0.25) is 0 Å². The Bertz CT molecular complexity index is 3340. The molecule has 61 heavy (non-hydrogen) atoms. The van der Waals surface area contributed by atoms with Crippen LogP contribution >= 0.6 is 0 Å². The third-order valence-corrected chi connectivity index (χ3v) is 12.1. The van der Waals surface area contributed by atoms with E-state index in [0.29, 0.717) is 0 Å². The maximum absolute atomic E-state index is 2.51. The van der Waals surface area contributed by atoms with Crippen molar-refractivity contribution in [2.75, 3.05) is 4.90 Å². The van der Waals surface area contributed by atoms with E-state index in [1.165, 1.54) is 71.7 Å². The molecule has 0 amide bonds. The van der Waals surface area contributed by atoms with Gasteiger partial charge in [-0.1, -0.05) is 194 Å². The molecule has 2 heteroatoms. The molecule has 11 aromatic rings. The Morgan fingerprint density at radius 2 is 0.869 bits per heavy atom. The Labute approximate surface area is 356 Å². The molecule has 0 N–H and O–H groups in total. The SMILES string of the molecule is Cc1cccc(-c2cccc3ccccc23)c1-n1c2ccccc2c2ccc(N(c3ccc(-c4ccccc4)cc3)c3ccc(-c4ccccc4)cc3-c3ccccc3)cc21. The van der Waals surface area contributed by atoms with Gasteiger partial charge in [0.05, 0.1) is 22.4 Å². The molecule has 0 aliphatic carbocycles. The van der Waals surface area contributed by atoms with Crippen LogP contribution in [0.3, 0.4) is 0 Å². The van der Waals surface area contributed by atoms with Gasteiger partial charge >= 0.3 is 0 Å². The Balaban J connectivity index is 1.18. The van der Waals surface area contributed by atoms with E-state index >= 15 is 0 Å². The minimum atomic E-state index is 1.08. The minimum Gasteiger partial charge on any atom is -0.310 e. The van der Waals surface area contributed by atoms with Gasteiger partial charge in [0.1, 0.15) is 0 Å². The standard InChI is InChI=1S/C59H42N2/c1-41-17-15-29-54(51-28-16-25-45-24-11-12-26-50(45)51)59(41)61-56-30-14-13-27-52(56)53-37-36-49(40-58(53)61)60(48-34-31-44(32-35-48)42-18-5-2-6-19-42)57-38-33-47(43-20-7-3-8-21-43)39-55(57)46-22-9-4-10-23-46/h2-40H,1H3. The van der Waals surface area contributed by atoms with Crippen LogP contribution in [-0.2, 0) is 0 Å². The molecule has 11 rings (SSSR count). The number of para-hydroxylation sites is 2. The van der Waals surface area contributed by atoms with Crippen LogP contribution in [0.15, 0.2) is 237 Å². The van der Waals surface area contributed by atoms with Crippen molar-refractivity contribution in [3.63, 3.8) is 0 Å². The first kappa shape index (κ1) is 36.2. The van der Waals surface area contributed by atoms with E-state index < -0.39 is 0 Å². The number of anilines is 3. The normalized spacial score (nSPS) is 11.4. The molecule has 0 unspecified atom stereocenters. The molecule has 1 heterocycles. The lowest BCUT2D eigenvalue weighted by Gasteiger charge is -2.29. The molecule has 0 aliphatic heterocycles. The van der Waals surface area contributed by atoms with E-state index in [-0.39, 0.29) is 0 Å². The van der Waals surface area contributed by atoms with E-state index in [1.54, 1.807) is 0 Å². The predicted octanol–water partition coefficient (Wildman–Crippen LogP) is 16.4. The fourth-order valence-corrected chi connectivity index (χ4v) is 9.22. The number of benzene rings is 10. The van der Waals surface area contributed by atoms with Gasteiger partial charge in [-0.2, -0.15) is 0 Å². The van der Waals surface area contributed by atoms with E-state index in [4.69, 9.17) is 0 Å². The Morgan fingerprint density at radius 3 is 1.62 bits per heavy atom. The molecule has 0 bridgehead atoms. The molecule has 0 radical (unpaired) electrons. The highest BCUT2D eigenvalue weighted by atomic mass is 15.1. The summed E-state index contributed by atoms with van der Waals surface area (Å²) in [7, 11) is 0. The summed E-state index contributed by atoms with van der Waals surface area (Å²) in [5.41, 5.74) is 17.5. The highest BCUT2D eigenvalue weighted by Crippen LogP contribution is 2.46. The molecule has 0 saturated heterocycles. The first-order valence-electron chi connectivity index (χ1n) is 21.0. The summed E-state index contributed by atoms with van der Waals surface area (Å²) >= 11 is 0. The van der Waals surface area contributed by atoms with Crippen LogP contribution in [0.2, 0.25) is 0 Å². The van der Waals surface area contributed by atoms with Gasteiger partial charge in [-0.15, -0.1) is 0 Å². The van der Waals surface area contributed by atoms with Crippen LogP contribution in [-0.4, -0.2) is 4.57 Å². The highest BCUT2D eigenvalue weighted by molar-refractivity contribution is 6.12. The second kappa shape index (κ2) is 15.3. The molecule has 288 valence electrons. The molecule has 0 spiro atoms. The summed E-state index contributed by atoms with van der Waals surface area (Å²) in [6.45, 7) is 2.25. The number of rotatable bonds is 8. The molecule has 0 atom stereocenters. The summed E-state index contributed by atoms with van der Waals surface area (Å²) in [4.78, 5) is 2.44. The molecule has 0 saturated carbocycles. The molecular formula is C59H42N2. The van der Waals surface area contributed by atoms with Crippen LogP contribution < -0.4 is 4.90 Å². The van der Waals surface area contributed by atoms with Crippen LogP contribution in [0.1, 0.15) is 5.56 Å². The van der Waals surface area contributed by atoms with Crippen molar-refractivity contribution in [2.45, 2.75) is 6.92 Å². The topological polar surface area (TPSA) is 8.17 Å². The van der Waals surface area contributed by atoms with E-state index in [1.807, 2.05) is 0 Å². The number of hydrogen-bond acceptors (Lipinski definition) is 1. The average molecular weight is 779 g/mol. The van der Waals surface area contributed by atoms with Crippen LogP contribution in [0.25, 0.3) is 82.8 Å². The van der Waals surface area contributed by atoms with Gasteiger partial charge in [0, 0.05) is 33.3 Å². The largest absolute Gasteiger partial charge is 0.310 e. The highest BCUT2D eigenvalue weighted by Gasteiger charge is 2.23. The monoisotopic (exact) mass is 778 g/mol. The second-order valence-electron chi connectivity index (χ2n) is 15.8. The van der Waals surface area contributed by atoms with Crippen molar-refractivity contribution in [1.82, 2.24) is 4.57 Å². The summed E-state index contributed by atoms with van der Waals surface area (Å²) in [6.07, 6.45) is 0. The zero-order valence-electron chi connectivity index (χ0n) is 33.9. The van der Waals surface area contributed by atoms with Crippen LogP contribution in [0, 0.1) is 6.92 Å². The first-order chi connectivity index (χ1) is 30.2. The number of aryl methyl sites for hydroxylation is 1. The molecule has 0 aliphatic rings. The summed E-state index contributed by atoms with van der Waals surface area (Å²) in [6, 6.07) is 86.0. The van der Waals surface area contributed by atoms with Gasteiger partial charge in [-0.05, 0) is 99.1 Å². The number of fused-ring (bicyclic) bond motifs is 4. The quantitative estimate of drug-likeness (QED) is 0.149. The number of aromatic nitrogens is 1. The van der Waals surface area contributed by atoms with Crippen molar-refractivity contribution in [3.05, 3.63) is 242 Å². The Morgan fingerprint density at radius 1 is 0.328 bits per heavy atom. The zero-order valence-corrected chi connectivity index (χ0v) is 33.9. The lowest BCUT2D eigenvalue weighted by molar-refractivity contribution is 1.15. The number of nitrogens with zero attached hydrogens (tertiary/aromatic N) is 2. The van der Waals surface area contributed by atoms with Crippen molar-refractivity contribution in [1.29, 1.82) is 0 Å². The predicted molar refractivity (Wildman–Crippen MR) is 259 cm³/mol. The lowest BCUT2D eigenvalue weighted by Crippen LogP contribution is -2.11. The molecule has 10 aromatic carbocycles. The third kappa shape index (κ3) is 6.46. The smallest absolute Gasteiger partial charge is 0.0569 e. The minimum absolute atomic E-state index is 1.08. The van der Waals surface area contributed by atoms with Crippen LogP contribution in [0.5, 0.6) is 0 Å². The van der Waals surface area contributed by atoms with E-state index in [0.717, 1.165) is 33.7 Å². The average Bonchev–Trinajstić information content (AvgIpc) is 3.65. The number of hydrogen-bond donors (Lipinski definition) is 0. The van der Waals surface area contributed by atoms with Crippen molar-refractivity contribution >= 4 is 49.6 Å². The molecule has 2 nitrogen and oxygen atoms in total. The fraction of sp³-hybridized carbons (Fsp3) is 0.0169. The van der Waals surface area contributed by atoms with Crippen molar-refractivity contribution in [2.24, 2.45) is 0 Å². The van der Waals surface area contributed by atoms with E-state index in [2.05, 4.69) is 253 Å². The Kier molecular flexibility index (Phi) is 9.09. The molecule has 1 aromatic heterocycles. The third-order valence-electron chi connectivity index (χ3n) is 12.1. The van der Waals surface area contributed by atoms with Gasteiger partial charge in [-0.25, -0.2) is 0 Å². The Hall–Kier alpha value is -7.94. The summed E-state index contributed by atoms with van der Waals surface area (Å²) in [5, 5.41) is 4.93. The fourth-order valence-electron chi connectivity index (χ4n) is 9.22. The first-order valence-corrected chi connectivity index (χ1v) is 21.0. The summed E-state index contributed by atoms with van der Waals surface area (Å²) < 4.78 is 2.51. The second-order valence-corrected chi connectivity index (χ2v) is 15.8. The molecular weight excluding hydrogens is 737 g/mol. The lowest BCUT2D eigenvalue weighted by atomic mass is 9.95. The zero-order chi connectivity index (χ0) is 40.7. The van der Waals surface area contributed by atoms with Gasteiger partial charge in [0.15, 0.2) is 0 Å². The van der Waals surface area contributed by atoms with Crippen molar-refractivity contribution in [3.8, 4) is 50.2 Å². The van der Waals surface area contributed by atoms with Crippen LogP contribution in [0.4, 0.5) is 17.1 Å². The summed E-state index contributed by atoms with van der Waals surface area (Å²) in [5.74, 6) is 0. The van der Waals surface area contributed by atoms with Crippen molar-refractivity contribution < 1.29 is 0 Å². The van der Waals surface area contributed by atoms with Gasteiger partial charge in [0.25, 0.3) is 0 Å². The van der Waals surface area contributed by atoms with Gasteiger partial charge < -0.3 is 9.47 Å². The maximum atomic E-state index is 2.51. The maximum Gasteiger partial charge on any atom is 0.0569 e. The molecule has 0 fully saturated rings. The van der Waals surface area contributed by atoms with E-state index in [9.17, 15) is 0 Å².